The highest BCUT2D eigenvalue weighted by atomic mass is 19.4. The highest BCUT2D eigenvalue weighted by molar-refractivity contribution is 5.91. The Morgan fingerprint density at radius 1 is 0.950 bits per heavy atom. The lowest BCUT2D eigenvalue weighted by Gasteiger charge is -2.19. The quantitative estimate of drug-likeness (QED) is 0.225. The van der Waals surface area contributed by atoms with Crippen LogP contribution in [0.3, 0.4) is 0 Å². The Morgan fingerprint density at radius 2 is 1.55 bits per heavy atom. The fraction of sp³-hybridized carbons (Fsp3) is 0.233. The van der Waals surface area contributed by atoms with E-state index in [-0.39, 0.29) is 23.0 Å². The van der Waals surface area contributed by atoms with E-state index in [1.165, 1.54) is 32.0 Å². The number of hydrogen-bond acceptors (Lipinski definition) is 6. The number of aryl methyl sites for hydroxylation is 1. The van der Waals surface area contributed by atoms with Gasteiger partial charge >= 0.3 is 18.2 Å². The van der Waals surface area contributed by atoms with Crippen LogP contribution in [0.25, 0.3) is 22.5 Å². The lowest BCUT2D eigenvalue weighted by Crippen LogP contribution is -2.19. The molecule has 1 N–H and O–H groups in total. The van der Waals surface area contributed by atoms with Crippen LogP contribution in [-0.2, 0) is 26.9 Å². The molecule has 0 aliphatic heterocycles. The summed E-state index contributed by atoms with van der Waals surface area (Å²) in [5, 5.41) is 6.49. The van der Waals surface area contributed by atoms with E-state index in [2.05, 4.69) is 10.5 Å². The van der Waals surface area contributed by atoms with E-state index >= 15 is 0 Å². The third-order valence-corrected chi connectivity index (χ3v) is 6.21. The summed E-state index contributed by atoms with van der Waals surface area (Å²) in [7, 11) is 0. The molecule has 1 unspecified atom stereocenters. The Labute approximate surface area is 228 Å². The number of benzene rings is 3. The van der Waals surface area contributed by atoms with Gasteiger partial charge in [0, 0.05) is 24.5 Å². The number of aromatic nitrogens is 1. The van der Waals surface area contributed by atoms with Crippen molar-refractivity contribution in [3.05, 3.63) is 95.2 Å². The molecule has 3 aromatic carbocycles. The summed E-state index contributed by atoms with van der Waals surface area (Å²) >= 11 is 0. The van der Waals surface area contributed by atoms with Crippen LogP contribution < -0.4 is 5.32 Å². The molecule has 0 aliphatic rings. The minimum absolute atomic E-state index is 0.152. The Kier molecular flexibility index (Phi) is 8.57. The van der Waals surface area contributed by atoms with Gasteiger partial charge in [-0.05, 0) is 36.6 Å². The van der Waals surface area contributed by atoms with Crippen LogP contribution in [0.5, 0.6) is 0 Å². The molecular weight excluding hydrogens is 525 g/mol. The summed E-state index contributed by atoms with van der Waals surface area (Å²) < 4.78 is 55.8. The minimum Gasteiger partial charge on any atom is -0.466 e. The van der Waals surface area contributed by atoms with Gasteiger partial charge in [0.1, 0.15) is 17.5 Å². The van der Waals surface area contributed by atoms with Crippen LogP contribution >= 0.6 is 0 Å². The third-order valence-electron chi connectivity index (χ3n) is 6.21. The number of ether oxygens (including phenoxy) is 2. The maximum Gasteiger partial charge on any atom is 0.416 e. The second-order valence-corrected chi connectivity index (χ2v) is 9.09. The molecule has 4 rings (SSSR count). The third kappa shape index (κ3) is 6.88. The molecule has 40 heavy (non-hydrogen) atoms. The highest BCUT2D eigenvalue weighted by Gasteiger charge is 2.35. The molecule has 208 valence electrons. The van der Waals surface area contributed by atoms with E-state index in [1.807, 2.05) is 48.5 Å². The average Bonchev–Trinajstić information content (AvgIpc) is 3.28. The van der Waals surface area contributed by atoms with E-state index in [9.17, 15) is 22.8 Å². The number of anilines is 1. The van der Waals surface area contributed by atoms with Gasteiger partial charge in [0.2, 0.25) is 0 Å². The summed E-state index contributed by atoms with van der Waals surface area (Å²) in [6.45, 7) is 4.70. The molecule has 0 fully saturated rings. The number of amides is 1. The van der Waals surface area contributed by atoms with Crippen molar-refractivity contribution < 1.29 is 36.8 Å². The first-order chi connectivity index (χ1) is 19.0. The van der Waals surface area contributed by atoms with Crippen LogP contribution in [0.15, 0.2) is 77.3 Å². The first-order valence-corrected chi connectivity index (χ1v) is 12.5. The first kappa shape index (κ1) is 28.4. The van der Waals surface area contributed by atoms with E-state index in [0.717, 1.165) is 22.8 Å². The predicted octanol–water partition coefficient (Wildman–Crippen LogP) is 7.75. The van der Waals surface area contributed by atoms with Gasteiger partial charge in [-0.1, -0.05) is 71.9 Å². The summed E-state index contributed by atoms with van der Waals surface area (Å²) in [4.78, 5) is 23.6. The molecule has 7 nitrogen and oxygen atoms in total. The standard InChI is InChI=1S/C30H27F3N2O5/c1-18-27(34-29(37)39-19(2)25-6-4-5-7-26(25)30(31,32)33)28(40-35-18)24-14-12-23(13-15-24)22-10-8-21(9-11-22)16-17-38-20(3)36/h4-15,19H,16-17H2,1-3H3,(H,34,37). The monoisotopic (exact) mass is 552 g/mol. The average molecular weight is 553 g/mol. The summed E-state index contributed by atoms with van der Waals surface area (Å²) in [6.07, 6.45) is -6.06. The number of rotatable bonds is 8. The molecule has 10 heteroatoms. The Balaban J connectivity index is 1.45. The van der Waals surface area contributed by atoms with Gasteiger partial charge in [0.05, 0.1) is 12.2 Å². The van der Waals surface area contributed by atoms with Gasteiger partial charge in [-0.3, -0.25) is 10.1 Å². The van der Waals surface area contributed by atoms with Crippen molar-refractivity contribution in [3.8, 4) is 22.5 Å². The molecule has 0 saturated heterocycles. The smallest absolute Gasteiger partial charge is 0.416 e. The summed E-state index contributed by atoms with van der Waals surface area (Å²) in [5.74, 6) is -0.0275. The lowest BCUT2D eigenvalue weighted by molar-refractivity contribution is -0.141. The van der Waals surface area contributed by atoms with E-state index in [4.69, 9.17) is 14.0 Å². The number of esters is 1. The molecule has 1 amide bonds. The van der Waals surface area contributed by atoms with Crippen LogP contribution in [0.1, 0.15) is 42.3 Å². The number of hydrogen-bond donors (Lipinski definition) is 1. The Hall–Kier alpha value is -4.60. The number of nitrogens with one attached hydrogen (secondary N) is 1. The van der Waals surface area contributed by atoms with Gasteiger partial charge < -0.3 is 14.0 Å². The number of halogens is 3. The molecule has 0 spiro atoms. The summed E-state index contributed by atoms with van der Waals surface area (Å²) in [6, 6.07) is 20.2. The second kappa shape index (κ2) is 12.1. The number of nitrogens with zero attached hydrogens (tertiary/aromatic N) is 1. The molecule has 0 bridgehead atoms. The van der Waals surface area contributed by atoms with Crippen LogP contribution in [0.4, 0.5) is 23.7 Å². The van der Waals surface area contributed by atoms with Gasteiger partial charge in [-0.25, -0.2) is 4.79 Å². The van der Waals surface area contributed by atoms with E-state index in [1.54, 1.807) is 6.92 Å². The molecule has 4 aromatic rings. The maximum absolute atomic E-state index is 13.4. The minimum atomic E-state index is -4.58. The molecule has 1 aromatic heterocycles. The lowest BCUT2D eigenvalue weighted by atomic mass is 10.0. The van der Waals surface area contributed by atoms with Crippen molar-refractivity contribution in [2.45, 2.75) is 39.5 Å². The van der Waals surface area contributed by atoms with Crippen LogP contribution in [0.2, 0.25) is 0 Å². The molecule has 0 aliphatic carbocycles. The molecule has 1 heterocycles. The zero-order valence-corrected chi connectivity index (χ0v) is 22.0. The SMILES string of the molecule is CC(=O)OCCc1ccc(-c2ccc(-c3onc(C)c3NC(=O)OC(C)c3ccccc3C(F)(F)F)cc2)cc1. The molecule has 0 radical (unpaired) electrons. The normalized spacial score (nSPS) is 12.1. The fourth-order valence-electron chi connectivity index (χ4n) is 4.17. The molecule has 1 atom stereocenters. The number of carbonyl (C=O) groups excluding carboxylic acids is 2. The van der Waals surface area contributed by atoms with Crippen molar-refractivity contribution in [1.29, 1.82) is 0 Å². The zero-order chi connectivity index (χ0) is 28.9. The van der Waals surface area contributed by atoms with Crippen LogP contribution in [-0.4, -0.2) is 23.8 Å². The van der Waals surface area contributed by atoms with Crippen molar-refractivity contribution in [1.82, 2.24) is 5.16 Å². The predicted molar refractivity (Wildman–Crippen MR) is 142 cm³/mol. The molecular formula is C30H27F3N2O5. The van der Waals surface area contributed by atoms with E-state index in [0.29, 0.717) is 24.3 Å². The van der Waals surface area contributed by atoms with Gasteiger partial charge in [0.25, 0.3) is 0 Å². The number of alkyl halides is 3. The van der Waals surface area contributed by atoms with Crippen molar-refractivity contribution in [2.24, 2.45) is 0 Å². The largest absolute Gasteiger partial charge is 0.466 e. The first-order valence-electron chi connectivity index (χ1n) is 12.5. The maximum atomic E-state index is 13.4. The fourth-order valence-corrected chi connectivity index (χ4v) is 4.17. The Bertz CT molecular complexity index is 1480. The van der Waals surface area contributed by atoms with Gasteiger partial charge in [-0.2, -0.15) is 13.2 Å². The van der Waals surface area contributed by atoms with Crippen molar-refractivity contribution in [3.63, 3.8) is 0 Å². The van der Waals surface area contributed by atoms with Gasteiger partial charge in [0.15, 0.2) is 5.76 Å². The zero-order valence-electron chi connectivity index (χ0n) is 22.0. The second-order valence-electron chi connectivity index (χ2n) is 9.09. The van der Waals surface area contributed by atoms with Crippen LogP contribution in [0, 0.1) is 6.92 Å². The molecule has 0 saturated carbocycles. The Morgan fingerprint density at radius 3 is 2.17 bits per heavy atom. The number of carbonyl (C=O) groups is 2. The topological polar surface area (TPSA) is 90.7 Å². The van der Waals surface area contributed by atoms with Crippen molar-refractivity contribution >= 4 is 17.7 Å². The van der Waals surface area contributed by atoms with E-state index < -0.39 is 23.9 Å². The summed E-state index contributed by atoms with van der Waals surface area (Å²) in [5.41, 5.74) is 3.21. The highest BCUT2D eigenvalue weighted by Crippen LogP contribution is 2.36. The van der Waals surface area contributed by atoms with Crippen molar-refractivity contribution in [2.75, 3.05) is 11.9 Å². The van der Waals surface area contributed by atoms with Gasteiger partial charge in [-0.15, -0.1) is 0 Å².